The van der Waals surface area contributed by atoms with Crippen LogP contribution in [-0.2, 0) is 9.05 Å². The fourth-order valence-corrected chi connectivity index (χ4v) is 2.71. The minimum atomic E-state index is -3.77. The highest BCUT2D eigenvalue weighted by Gasteiger charge is 2.12. The van der Waals surface area contributed by atoms with Crippen LogP contribution in [0.25, 0.3) is 0 Å². The maximum Gasteiger partial charge on any atom is 0.261 e. The van der Waals surface area contributed by atoms with Crippen molar-refractivity contribution in [2.24, 2.45) is 0 Å². The summed E-state index contributed by atoms with van der Waals surface area (Å²) in [7, 11) is 1.51. The topological polar surface area (TPSA) is 67.2 Å². The minimum absolute atomic E-state index is 0.00637. The van der Waals surface area contributed by atoms with Gasteiger partial charge in [0.05, 0.1) is 15.5 Å². The fourth-order valence-electron chi connectivity index (χ4n) is 1.67. The molecule has 0 aromatic heterocycles. The number of rotatable bonds is 3. The van der Waals surface area contributed by atoms with Gasteiger partial charge >= 0.3 is 0 Å². The van der Waals surface area contributed by atoms with Gasteiger partial charge in [0.2, 0.25) is 0 Å². The van der Waals surface area contributed by atoms with Crippen molar-refractivity contribution in [3.8, 4) is 17.6 Å². The number of aryl methyl sites for hydroxylation is 1. The quantitative estimate of drug-likeness (QED) is 0.783. The van der Waals surface area contributed by atoms with Crippen LogP contribution in [0.3, 0.4) is 0 Å². The highest BCUT2D eigenvalue weighted by atomic mass is 35.7. The van der Waals surface area contributed by atoms with Crippen molar-refractivity contribution in [1.82, 2.24) is 0 Å². The number of halogens is 2. The minimum Gasteiger partial charge on any atom is -0.457 e. The summed E-state index contributed by atoms with van der Waals surface area (Å²) in [4.78, 5) is 0.00637. The van der Waals surface area contributed by atoms with Gasteiger partial charge in [-0.05, 0) is 42.8 Å². The molecule has 0 saturated carbocycles. The second-order valence-electron chi connectivity index (χ2n) is 4.22. The molecule has 0 unspecified atom stereocenters. The van der Waals surface area contributed by atoms with E-state index >= 15 is 0 Å². The van der Waals surface area contributed by atoms with Gasteiger partial charge in [0.25, 0.3) is 9.05 Å². The van der Waals surface area contributed by atoms with Gasteiger partial charge in [0.1, 0.15) is 17.6 Å². The Morgan fingerprint density at radius 2 is 1.90 bits per heavy atom. The van der Waals surface area contributed by atoms with E-state index in [2.05, 4.69) is 0 Å². The van der Waals surface area contributed by atoms with Crippen molar-refractivity contribution in [1.29, 1.82) is 5.26 Å². The average molecular weight is 342 g/mol. The lowest BCUT2D eigenvalue weighted by Crippen LogP contribution is -1.94. The van der Waals surface area contributed by atoms with Crippen molar-refractivity contribution in [2.45, 2.75) is 11.8 Å². The molecule has 0 amide bonds. The highest BCUT2D eigenvalue weighted by molar-refractivity contribution is 8.13. The van der Waals surface area contributed by atoms with Gasteiger partial charge < -0.3 is 4.74 Å². The molecule has 4 nitrogen and oxygen atoms in total. The van der Waals surface area contributed by atoms with E-state index in [0.29, 0.717) is 22.6 Å². The third-order valence-electron chi connectivity index (χ3n) is 2.72. The smallest absolute Gasteiger partial charge is 0.261 e. The van der Waals surface area contributed by atoms with Crippen molar-refractivity contribution in [3.05, 3.63) is 52.5 Å². The lowest BCUT2D eigenvalue weighted by atomic mass is 10.2. The van der Waals surface area contributed by atoms with Crippen molar-refractivity contribution in [3.63, 3.8) is 0 Å². The van der Waals surface area contributed by atoms with Gasteiger partial charge in [0, 0.05) is 16.7 Å². The number of nitrogens with zero attached hydrogens (tertiary/aromatic N) is 1. The third kappa shape index (κ3) is 3.67. The number of ether oxygens (including phenoxy) is 1. The second-order valence-corrected chi connectivity index (χ2v) is 7.19. The van der Waals surface area contributed by atoms with E-state index in [0.717, 1.165) is 0 Å². The van der Waals surface area contributed by atoms with Crippen LogP contribution >= 0.6 is 22.3 Å². The normalized spacial score (nSPS) is 11.0. The van der Waals surface area contributed by atoms with Crippen molar-refractivity contribution >= 4 is 31.3 Å². The Kier molecular flexibility index (Phi) is 4.43. The van der Waals surface area contributed by atoms with Crippen LogP contribution in [0.4, 0.5) is 0 Å². The molecule has 21 heavy (non-hydrogen) atoms. The van der Waals surface area contributed by atoms with E-state index in [9.17, 15) is 8.42 Å². The molecule has 0 N–H and O–H groups in total. The number of hydrogen-bond donors (Lipinski definition) is 0. The molecule has 108 valence electrons. The maximum absolute atomic E-state index is 11.2. The van der Waals surface area contributed by atoms with Gasteiger partial charge in [-0.1, -0.05) is 11.6 Å². The molecule has 0 aliphatic rings. The lowest BCUT2D eigenvalue weighted by molar-refractivity contribution is 0.478. The Bertz CT molecular complexity index is 842. The SMILES string of the molecule is Cc1cc(S(=O)(=O)Cl)ccc1Oc1ccc(C#N)c(Cl)c1. The average Bonchev–Trinajstić information content (AvgIpc) is 2.40. The van der Waals surface area contributed by atoms with E-state index < -0.39 is 9.05 Å². The Labute approximate surface area is 131 Å². The summed E-state index contributed by atoms with van der Waals surface area (Å²) in [5, 5.41) is 9.09. The Hall–Kier alpha value is -1.74. The van der Waals surface area contributed by atoms with Crippen LogP contribution < -0.4 is 4.74 Å². The first kappa shape index (κ1) is 15.6. The van der Waals surface area contributed by atoms with Crippen LogP contribution in [0.2, 0.25) is 5.02 Å². The molecule has 0 aliphatic carbocycles. The van der Waals surface area contributed by atoms with Gasteiger partial charge in [-0.25, -0.2) is 8.42 Å². The molecular formula is C14H9Cl2NO3S. The van der Waals surface area contributed by atoms with E-state index in [1.165, 1.54) is 24.3 Å². The zero-order valence-electron chi connectivity index (χ0n) is 10.8. The van der Waals surface area contributed by atoms with E-state index in [4.69, 9.17) is 32.3 Å². The fraction of sp³-hybridized carbons (Fsp3) is 0.0714. The standard InChI is InChI=1S/C14H9Cl2NO3S/c1-9-6-12(21(16,18)19)4-5-14(9)20-11-3-2-10(8-17)13(15)7-11/h2-7H,1H3. The van der Waals surface area contributed by atoms with Crippen molar-refractivity contribution < 1.29 is 13.2 Å². The molecule has 2 aromatic rings. The predicted molar refractivity (Wildman–Crippen MR) is 80.5 cm³/mol. The van der Waals surface area contributed by atoms with Gasteiger partial charge in [-0.3, -0.25) is 0 Å². The summed E-state index contributed by atoms with van der Waals surface area (Å²) >= 11 is 5.92. The van der Waals surface area contributed by atoms with Crippen LogP contribution in [0.15, 0.2) is 41.3 Å². The molecule has 2 aromatic carbocycles. The summed E-state index contributed by atoms with van der Waals surface area (Å²) in [5.74, 6) is 0.920. The van der Waals surface area contributed by atoms with Gasteiger partial charge in [0.15, 0.2) is 0 Å². The second kappa shape index (κ2) is 5.94. The zero-order chi connectivity index (χ0) is 15.6. The molecule has 0 heterocycles. The molecule has 0 saturated heterocycles. The monoisotopic (exact) mass is 341 g/mol. The first-order valence-electron chi connectivity index (χ1n) is 5.74. The molecule has 0 spiro atoms. The largest absolute Gasteiger partial charge is 0.457 e. The Morgan fingerprint density at radius 3 is 2.43 bits per heavy atom. The molecule has 0 aliphatic heterocycles. The Morgan fingerprint density at radius 1 is 1.19 bits per heavy atom. The van der Waals surface area contributed by atoms with E-state index in [1.807, 2.05) is 6.07 Å². The number of nitriles is 1. The van der Waals surface area contributed by atoms with Gasteiger partial charge in [-0.2, -0.15) is 5.26 Å². The van der Waals surface area contributed by atoms with Gasteiger partial charge in [-0.15, -0.1) is 0 Å². The summed E-state index contributed by atoms with van der Waals surface area (Å²) in [6.07, 6.45) is 0. The zero-order valence-corrected chi connectivity index (χ0v) is 13.1. The van der Waals surface area contributed by atoms with Crippen LogP contribution in [0.5, 0.6) is 11.5 Å². The molecule has 7 heteroatoms. The van der Waals surface area contributed by atoms with Crippen LogP contribution in [0.1, 0.15) is 11.1 Å². The summed E-state index contributed by atoms with van der Waals surface area (Å²) < 4.78 is 28.1. The first-order chi connectivity index (χ1) is 9.81. The molecule has 0 fully saturated rings. The number of benzene rings is 2. The lowest BCUT2D eigenvalue weighted by Gasteiger charge is -2.10. The molecular weight excluding hydrogens is 333 g/mol. The third-order valence-corrected chi connectivity index (χ3v) is 4.38. The maximum atomic E-state index is 11.2. The Balaban J connectivity index is 2.33. The van der Waals surface area contributed by atoms with E-state index in [1.54, 1.807) is 19.1 Å². The van der Waals surface area contributed by atoms with Crippen LogP contribution in [0, 0.1) is 18.3 Å². The molecule has 0 bridgehead atoms. The molecule has 0 radical (unpaired) electrons. The van der Waals surface area contributed by atoms with Crippen molar-refractivity contribution in [2.75, 3.05) is 0 Å². The van der Waals surface area contributed by atoms with Crippen LogP contribution in [-0.4, -0.2) is 8.42 Å². The molecule has 2 rings (SSSR count). The summed E-state index contributed by atoms with van der Waals surface area (Å²) in [6.45, 7) is 1.70. The first-order valence-corrected chi connectivity index (χ1v) is 8.43. The summed E-state index contributed by atoms with van der Waals surface area (Å²) in [6, 6.07) is 10.9. The van der Waals surface area contributed by atoms with E-state index in [-0.39, 0.29) is 9.92 Å². The predicted octanol–water partition coefficient (Wildman–Crippen LogP) is 4.24. The highest BCUT2D eigenvalue weighted by Crippen LogP contribution is 2.30. The number of hydrogen-bond acceptors (Lipinski definition) is 4. The molecule has 0 atom stereocenters. The summed E-state index contributed by atoms with van der Waals surface area (Å²) in [5.41, 5.74) is 0.960.